The molecule has 1 fully saturated rings. The second kappa shape index (κ2) is 3.01. The highest BCUT2D eigenvalue weighted by molar-refractivity contribution is 5.43. The lowest BCUT2D eigenvalue weighted by molar-refractivity contribution is 0.510. The zero-order valence-electron chi connectivity index (χ0n) is 6.82. The van der Waals surface area contributed by atoms with Crippen LogP contribution in [0.2, 0.25) is 0 Å². The van der Waals surface area contributed by atoms with Crippen LogP contribution in [-0.4, -0.2) is 13.1 Å². The standard InChI is InChI=1S/C9H11NO2/c11-9-8(4-3-7-12-9)10-5-1-2-6-10/h3-4,7H,1-2,5-6H2. The highest BCUT2D eigenvalue weighted by atomic mass is 16.4. The summed E-state index contributed by atoms with van der Waals surface area (Å²) in [7, 11) is 0. The minimum absolute atomic E-state index is 0.223. The largest absolute Gasteiger partial charge is 0.430 e. The van der Waals surface area contributed by atoms with Crippen LogP contribution in [-0.2, 0) is 0 Å². The molecule has 0 radical (unpaired) electrons. The summed E-state index contributed by atoms with van der Waals surface area (Å²) < 4.78 is 4.77. The molecule has 1 aliphatic heterocycles. The van der Waals surface area contributed by atoms with Crippen molar-refractivity contribution >= 4 is 5.69 Å². The van der Waals surface area contributed by atoms with Crippen LogP contribution in [0.15, 0.2) is 27.6 Å². The third kappa shape index (κ3) is 1.22. The molecule has 64 valence electrons. The first-order valence-electron chi connectivity index (χ1n) is 4.21. The molecule has 0 aliphatic carbocycles. The maximum atomic E-state index is 11.2. The van der Waals surface area contributed by atoms with E-state index < -0.39 is 0 Å². The lowest BCUT2D eigenvalue weighted by Crippen LogP contribution is -2.23. The predicted molar refractivity (Wildman–Crippen MR) is 46.4 cm³/mol. The van der Waals surface area contributed by atoms with Gasteiger partial charge in [0.1, 0.15) is 5.69 Å². The van der Waals surface area contributed by atoms with Crippen molar-refractivity contribution in [3.63, 3.8) is 0 Å². The number of hydrogen-bond donors (Lipinski definition) is 0. The molecule has 1 aliphatic rings. The van der Waals surface area contributed by atoms with E-state index in [2.05, 4.69) is 4.90 Å². The first-order chi connectivity index (χ1) is 5.88. The first-order valence-corrected chi connectivity index (χ1v) is 4.21. The van der Waals surface area contributed by atoms with Gasteiger partial charge in [0.05, 0.1) is 6.26 Å². The summed E-state index contributed by atoms with van der Waals surface area (Å²) in [6.45, 7) is 1.96. The smallest absolute Gasteiger partial charge is 0.359 e. The number of anilines is 1. The summed E-state index contributed by atoms with van der Waals surface area (Å²) in [5.41, 5.74) is 0.481. The molecule has 3 nitrogen and oxygen atoms in total. The van der Waals surface area contributed by atoms with E-state index in [9.17, 15) is 4.79 Å². The van der Waals surface area contributed by atoms with E-state index in [0.717, 1.165) is 13.1 Å². The molecule has 2 heterocycles. The van der Waals surface area contributed by atoms with Crippen molar-refractivity contribution in [3.05, 3.63) is 28.8 Å². The van der Waals surface area contributed by atoms with Crippen LogP contribution in [0.5, 0.6) is 0 Å². The van der Waals surface area contributed by atoms with Crippen molar-refractivity contribution in [2.75, 3.05) is 18.0 Å². The van der Waals surface area contributed by atoms with Crippen LogP contribution in [0.1, 0.15) is 12.8 Å². The summed E-state index contributed by atoms with van der Waals surface area (Å²) >= 11 is 0. The van der Waals surface area contributed by atoms with Gasteiger partial charge in [0.2, 0.25) is 0 Å². The van der Waals surface area contributed by atoms with Crippen molar-refractivity contribution in [1.82, 2.24) is 0 Å². The molecule has 12 heavy (non-hydrogen) atoms. The van der Waals surface area contributed by atoms with Crippen LogP contribution in [0.4, 0.5) is 5.69 Å². The fourth-order valence-electron chi connectivity index (χ4n) is 1.55. The molecule has 0 amide bonds. The van der Waals surface area contributed by atoms with Gasteiger partial charge in [-0.1, -0.05) is 0 Å². The van der Waals surface area contributed by atoms with Crippen LogP contribution in [0.3, 0.4) is 0 Å². The summed E-state index contributed by atoms with van der Waals surface area (Å²) in [4.78, 5) is 13.3. The number of hydrogen-bond acceptors (Lipinski definition) is 3. The zero-order valence-corrected chi connectivity index (χ0v) is 6.82. The minimum atomic E-state index is -0.223. The second-order valence-electron chi connectivity index (χ2n) is 2.98. The number of nitrogens with zero attached hydrogens (tertiary/aromatic N) is 1. The van der Waals surface area contributed by atoms with Gasteiger partial charge in [0, 0.05) is 13.1 Å². The predicted octanol–water partition coefficient (Wildman–Crippen LogP) is 1.24. The lowest BCUT2D eigenvalue weighted by Gasteiger charge is -2.14. The normalized spacial score (nSPS) is 16.8. The Labute approximate surface area is 70.6 Å². The second-order valence-corrected chi connectivity index (χ2v) is 2.98. The molecule has 1 saturated heterocycles. The fourth-order valence-corrected chi connectivity index (χ4v) is 1.55. The maximum absolute atomic E-state index is 11.2. The monoisotopic (exact) mass is 165 g/mol. The van der Waals surface area contributed by atoms with Gasteiger partial charge in [-0.15, -0.1) is 0 Å². The summed E-state index contributed by atoms with van der Waals surface area (Å²) in [5, 5.41) is 0. The Morgan fingerprint density at radius 3 is 2.75 bits per heavy atom. The summed E-state index contributed by atoms with van der Waals surface area (Å²) in [6.07, 6.45) is 3.77. The summed E-state index contributed by atoms with van der Waals surface area (Å²) in [5.74, 6) is 0. The van der Waals surface area contributed by atoms with Crippen LogP contribution in [0.25, 0.3) is 0 Å². The van der Waals surface area contributed by atoms with Gasteiger partial charge in [-0.2, -0.15) is 0 Å². The highest BCUT2D eigenvalue weighted by Gasteiger charge is 2.14. The molecule has 0 aromatic carbocycles. The van der Waals surface area contributed by atoms with Crippen LogP contribution >= 0.6 is 0 Å². The van der Waals surface area contributed by atoms with Gasteiger partial charge >= 0.3 is 5.63 Å². The molecule has 0 unspecified atom stereocenters. The average Bonchev–Trinajstić information content (AvgIpc) is 2.57. The van der Waals surface area contributed by atoms with E-state index in [1.54, 1.807) is 6.07 Å². The Kier molecular flexibility index (Phi) is 1.86. The molecule has 1 aromatic rings. The molecule has 0 bridgehead atoms. The van der Waals surface area contributed by atoms with Crippen molar-refractivity contribution < 1.29 is 4.42 Å². The van der Waals surface area contributed by atoms with Crippen molar-refractivity contribution in [2.24, 2.45) is 0 Å². The van der Waals surface area contributed by atoms with Crippen molar-refractivity contribution in [2.45, 2.75) is 12.8 Å². The molecule has 0 saturated carbocycles. The topological polar surface area (TPSA) is 33.5 Å². The lowest BCUT2D eigenvalue weighted by atomic mass is 10.4. The van der Waals surface area contributed by atoms with E-state index in [-0.39, 0.29) is 5.63 Å². The van der Waals surface area contributed by atoms with E-state index in [4.69, 9.17) is 4.42 Å². The molecule has 1 aromatic heterocycles. The molecular formula is C9H11NO2. The molecule has 2 rings (SSSR count). The van der Waals surface area contributed by atoms with Crippen LogP contribution < -0.4 is 10.5 Å². The molecule has 0 N–H and O–H groups in total. The number of rotatable bonds is 1. The Hall–Kier alpha value is -1.25. The van der Waals surface area contributed by atoms with Gasteiger partial charge in [-0.25, -0.2) is 4.79 Å². The quantitative estimate of drug-likeness (QED) is 0.627. The molecule has 0 spiro atoms. The SMILES string of the molecule is O=c1occcc1N1CCCC1. The Balaban J connectivity index is 2.32. The van der Waals surface area contributed by atoms with Gasteiger partial charge in [-0.05, 0) is 25.0 Å². The molecular weight excluding hydrogens is 154 g/mol. The van der Waals surface area contributed by atoms with Crippen molar-refractivity contribution in [3.8, 4) is 0 Å². The first kappa shape index (κ1) is 7.40. The van der Waals surface area contributed by atoms with Crippen molar-refractivity contribution in [1.29, 1.82) is 0 Å². The third-order valence-electron chi connectivity index (χ3n) is 2.16. The molecule has 0 atom stereocenters. The third-order valence-corrected chi connectivity index (χ3v) is 2.16. The fraction of sp³-hybridized carbons (Fsp3) is 0.444. The zero-order chi connectivity index (χ0) is 8.39. The maximum Gasteiger partial charge on any atom is 0.359 e. The minimum Gasteiger partial charge on any atom is -0.430 e. The Morgan fingerprint density at radius 1 is 1.33 bits per heavy atom. The highest BCUT2D eigenvalue weighted by Crippen LogP contribution is 2.14. The molecule has 3 heteroatoms. The van der Waals surface area contributed by atoms with E-state index in [1.165, 1.54) is 19.1 Å². The Morgan fingerprint density at radius 2 is 2.08 bits per heavy atom. The average molecular weight is 165 g/mol. The van der Waals surface area contributed by atoms with Gasteiger partial charge < -0.3 is 9.32 Å². The van der Waals surface area contributed by atoms with E-state index in [0.29, 0.717) is 5.69 Å². The van der Waals surface area contributed by atoms with Gasteiger partial charge in [0.15, 0.2) is 0 Å². The Bertz CT molecular complexity index is 312. The van der Waals surface area contributed by atoms with Gasteiger partial charge in [0.25, 0.3) is 0 Å². The van der Waals surface area contributed by atoms with E-state index in [1.807, 2.05) is 6.07 Å². The van der Waals surface area contributed by atoms with Crippen LogP contribution in [0, 0.1) is 0 Å². The van der Waals surface area contributed by atoms with E-state index >= 15 is 0 Å². The van der Waals surface area contributed by atoms with Gasteiger partial charge in [-0.3, -0.25) is 0 Å². The summed E-state index contributed by atoms with van der Waals surface area (Å²) in [6, 6.07) is 3.58.